The lowest BCUT2D eigenvalue weighted by molar-refractivity contribution is 0.474. The maximum atomic E-state index is 12.6. The highest BCUT2D eigenvalue weighted by Gasteiger charge is 2.18. The minimum atomic E-state index is -3.75. The van der Waals surface area contributed by atoms with Crippen molar-refractivity contribution in [2.24, 2.45) is 0 Å². The third kappa shape index (κ3) is 5.43. The maximum absolute atomic E-state index is 12.6. The molecule has 0 fully saturated rings. The summed E-state index contributed by atoms with van der Waals surface area (Å²) in [6, 6.07) is 21.6. The standard InChI is InChI=1S/C26H18O8S2/c27-19-1-9-23(10-2-19)35(29,30)25-13-5-21(6-14-25)33-17-18-34-22-7-15-26(16-8-22)36(31,32)24-11-3-20(28)4-12-24/h1-16,27-28H. The largest absolute Gasteiger partial charge is 0.508 e. The van der Waals surface area contributed by atoms with Gasteiger partial charge in [0.2, 0.25) is 19.7 Å². The summed E-state index contributed by atoms with van der Waals surface area (Å²) in [7, 11) is -7.50. The molecule has 0 atom stereocenters. The van der Waals surface area contributed by atoms with E-state index in [0.29, 0.717) is 0 Å². The summed E-state index contributed by atoms with van der Waals surface area (Å²) in [4.78, 5) is 0.187. The molecule has 0 saturated heterocycles. The summed E-state index contributed by atoms with van der Waals surface area (Å²) < 4.78 is 61.0. The molecule has 0 aliphatic heterocycles. The van der Waals surface area contributed by atoms with E-state index in [1.165, 1.54) is 97.1 Å². The second-order valence-electron chi connectivity index (χ2n) is 7.35. The third-order valence-corrected chi connectivity index (χ3v) is 8.51. The maximum Gasteiger partial charge on any atom is 0.206 e. The predicted octanol–water partition coefficient (Wildman–Crippen LogP) is 4.14. The van der Waals surface area contributed by atoms with Gasteiger partial charge in [-0.1, -0.05) is 0 Å². The Labute approximate surface area is 207 Å². The summed E-state index contributed by atoms with van der Waals surface area (Å²) in [6.45, 7) is 0. The van der Waals surface area contributed by atoms with Crippen LogP contribution in [0.2, 0.25) is 0 Å². The van der Waals surface area contributed by atoms with Gasteiger partial charge in [0.1, 0.15) is 23.0 Å². The van der Waals surface area contributed by atoms with Crippen molar-refractivity contribution in [3.8, 4) is 35.2 Å². The van der Waals surface area contributed by atoms with Gasteiger partial charge in [-0.3, -0.25) is 0 Å². The van der Waals surface area contributed by atoms with Gasteiger partial charge in [0.15, 0.2) is 12.2 Å². The van der Waals surface area contributed by atoms with Crippen LogP contribution in [-0.2, 0) is 19.7 Å². The number of sulfone groups is 2. The Morgan fingerprint density at radius 3 is 0.972 bits per heavy atom. The van der Waals surface area contributed by atoms with Crippen molar-refractivity contribution in [2.45, 2.75) is 19.6 Å². The lowest BCUT2D eigenvalue weighted by Gasteiger charge is -2.06. The van der Waals surface area contributed by atoms with E-state index in [1.54, 1.807) is 0 Å². The fourth-order valence-corrected chi connectivity index (χ4v) is 5.58. The molecule has 0 radical (unpaired) electrons. The van der Waals surface area contributed by atoms with Crippen molar-refractivity contribution in [3.05, 3.63) is 97.1 Å². The van der Waals surface area contributed by atoms with Gasteiger partial charge in [-0.05, 0) is 97.1 Å². The molecular formula is C26H18O8S2. The van der Waals surface area contributed by atoms with Crippen molar-refractivity contribution in [2.75, 3.05) is 0 Å². The number of ether oxygens (including phenoxy) is 2. The average molecular weight is 523 g/mol. The van der Waals surface area contributed by atoms with Crippen LogP contribution in [0.25, 0.3) is 0 Å². The highest BCUT2D eigenvalue weighted by atomic mass is 32.2. The topological polar surface area (TPSA) is 127 Å². The highest BCUT2D eigenvalue weighted by molar-refractivity contribution is 7.91. The Morgan fingerprint density at radius 2 is 0.694 bits per heavy atom. The van der Waals surface area contributed by atoms with Gasteiger partial charge < -0.3 is 19.7 Å². The van der Waals surface area contributed by atoms with Crippen molar-refractivity contribution in [1.82, 2.24) is 0 Å². The number of phenols is 2. The Kier molecular flexibility index (Phi) is 6.87. The molecule has 10 heteroatoms. The fourth-order valence-electron chi connectivity index (χ4n) is 3.06. The van der Waals surface area contributed by atoms with E-state index < -0.39 is 19.7 Å². The quantitative estimate of drug-likeness (QED) is 0.362. The van der Waals surface area contributed by atoms with Gasteiger partial charge in [-0.25, -0.2) is 16.8 Å². The first-order valence-corrected chi connectivity index (χ1v) is 13.2. The first-order valence-electron chi connectivity index (χ1n) is 10.3. The average Bonchev–Trinajstić information content (AvgIpc) is 2.88. The second kappa shape index (κ2) is 10.0. The minimum Gasteiger partial charge on any atom is -0.508 e. The number of rotatable bonds is 6. The molecule has 0 bridgehead atoms. The van der Waals surface area contributed by atoms with Crippen LogP contribution < -0.4 is 9.47 Å². The highest BCUT2D eigenvalue weighted by Crippen LogP contribution is 2.26. The lowest BCUT2D eigenvalue weighted by atomic mass is 10.3. The van der Waals surface area contributed by atoms with Crippen LogP contribution in [0.15, 0.2) is 117 Å². The molecule has 0 saturated carbocycles. The fraction of sp³-hybridized carbons (Fsp3) is 0. The van der Waals surface area contributed by atoms with Crippen LogP contribution in [0, 0.1) is 12.2 Å². The third-order valence-electron chi connectivity index (χ3n) is 4.94. The SMILES string of the molecule is O=S(=O)(c1ccc(O)cc1)c1ccc(OC#COc2ccc(S(=O)(=O)c3ccc(O)cc3)cc2)cc1. The van der Waals surface area contributed by atoms with Crippen LogP contribution >= 0.6 is 0 Å². The monoisotopic (exact) mass is 522 g/mol. The summed E-state index contributed by atoms with van der Waals surface area (Å²) >= 11 is 0. The van der Waals surface area contributed by atoms with E-state index in [-0.39, 0.29) is 42.6 Å². The Hall–Kier alpha value is -4.46. The molecule has 0 spiro atoms. The molecule has 0 heterocycles. The summed E-state index contributed by atoms with van der Waals surface area (Å²) in [6.07, 6.45) is 4.66. The predicted molar refractivity (Wildman–Crippen MR) is 129 cm³/mol. The van der Waals surface area contributed by atoms with E-state index in [1.807, 2.05) is 0 Å². The molecule has 182 valence electrons. The van der Waals surface area contributed by atoms with Gasteiger partial charge in [0, 0.05) is 0 Å². The molecule has 36 heavy (non-hydrogen) atoms. The Morgan fingerprint density at radius 1 is 0.444 bits per heavy atom. The number of benzene rings is 4. The first-order chi connectivity index (χ1) is 17.2. The van der Waals surface area contributed by atoms with Crippen LogP contribution in [0.4, 0.5) is 0 Å². The van der Waals surface area contributed by atoms with Crippen molar-refractivity contribution < 1.29 is 36.5 Å². The number of phenolic OH excluding ortho intramolecular Hbond substituents is 2. The lowest BCUT2D eigenvalue weighted by Crippen LogP contribution is -2.01. The molecule has 4 aromatic carbocycles. The summed E-state index contributed by atoms with van der Waals surface area (Å²) in [5.74, 6) is 0.499. The number of hydrogen-bond donors (Lipinski definition) is 2. The molecule has 8 nitrogen and oxygen atoms in total. The van der Waals surface area contributed by atoms with E-state index in [9.17, 15) is 27.0 Å². The Bertz CT molecular complexity index is 1510. The Balaban J connectivity index is 1.38. The summed E-state index contributed by atoms with van der Waals surface area (Å²) in [5, 5.41) is 18.7. The molecule has 0 aliphatic rings. The normalized spacial score (nSPS) is 11.2. The van der Waals surface area contributed by atoms with Gasteiger partial charge in [-0.15, -0.1) is 0 Å². The molecule has 4 rings (SSSR count). The van der Waals surface area contributed by atoms with E-state index in [0.717, 1.165) is 0 Å². The number of aromatic hydroxyl groups is 2. The minimum absolute atomic E-state index is 0.0338. The van der Waals surface area contributed by atoms with Crippen LogP contribution in [0.1, 0.15) is 0 Å². The molecule has 0 aromatic heterocycles. The smallest absolute Gasteiger partial charge is 0.206 e. The van der Waals surface area contributed by atoms with Gasteiger partial charge in [0.05, 0.1) is 19.6 Å². The summed E-state index contributed by atoms with van der Waals surface area (Å²) in [5.41, 5.74) is 0. The first kappa shape index (κ1) is 24.7. The molecule has 0 unspecified atom stereocenters. The van der Waals surface area contributed by atoms with E-state index >= 15 is 0 Å². The zero-order valence-corrected chi connectivity index (χ0v) is 20.0. The van der Waals surface area contributed by atoms with Gasteiger partial charge in [-0.2, -0.15) is 0 Å². The van der Waals surface area contributed by atoms with Gasteiger partial charge >= 0.3 is 0 Å². The number of hydrogen-bond acceptors (Lipinski definition) is 8. The second-order valence-corrected chi connectivity index (χ2v) is 11.2. The van der Waals surface area contributed by atoms with E-state index in [2.05, 4.69) is 12.2 Å². The molecule has 0 amide bonds. The van der Waals surface area contributed by atoms with E-state index in [4.69, 9.17) is 9.47 Å². The van der Waals surface area contributed by atoms with Crippen molar-refractivity contribution in [3.63, 3.8) is 0 Å². The zero-order chi connectivity index (χ0) is 25.8. The molecular weight excluding hydrogens is 504 g/mol. The van der Waals surface area contributed by atoms with Gasteiger partial charge in [0.25, 0.3) is 0 Å². The zero-order valence-electron chi connectivity index (χ0n) is 18.4. The van der Waals surface area contributed by atoms with Crippen LogP contribution in [0.5, 0.6) is 23.0 Å². The van der Waals surface area contributed by atoms with Crippen molar-refractivity contribution >= 4 is 19.7 Å². The van der Waals surface area contributed by atoms with Crippen LogP contribution in [0.3, 0.4) is 0 Å². The molecule has 2 N–H and O–H groups in total. The van der Waals surface area contributed by atoms with Crippen molar-refractivity contribution in [1.29, 1.82) is 0 Å². The molecule has 4 aromatic rings. The van der Waals surface area contributed by atoms with Crippen LogP contribution in [-0.4, -0.2) is 27.0 Å². The molecule has 0 aliphatic carbocycles.